The molecule has 1 aliphatic heterocycles. The van der Waals surface area contributed by atoms with Crippen molar-refractivity contribution in [3.8, 4) is 0 Å². The average Bonchev–Trinajstić information content (AvgIpc) is 3.11. The minimum atomic E-state index is -0.124. The third-order valence-corrected chi connectivity index (χ3v) is 4.57. The summed E-state index contributed by atoms with van der Waals surface area (Å²) in [5.74, 6) is 0.428. The van der Waals surface area contributed by atoms with Gasteiger partial charge in [-0.1, -0.05) is 6.07 Å². The smallest absolute Gasteiger partial charge is 0.229 e. The molecular formula is C18H20N6O2. The van der Waals surface area contributed by atoms with E-state index in [2.05, 4.69) is 42.1 Å². The fourth-order valence-corrected chi connectivity index (χ4v) is 3.02. The van der Waals surface area contributed by atoms with Crippen LogP contribution in [0, 0.1) is 0 Å². The second-order valence-electron chi connectivity index (χ2n) is 6.50. The molecule has 8 nitrogen and oxygen atoms in total. The Morgan fingerprint density at radius 3 is 2.69 bits per heavy atom. The topological polar surface area (TPSA) is 87.4 Å². The Labute approximate surface area is 150 Å². The second kappa shape index (κ2) is 7.09. The van der Waals surface area contributed by atoms with Crippen LogP contribution in [-0.2, 0) is 11.2 Å². The number of rotatable bonds is 4. The van der Waals surface area contributed by atoms with Gasteiger partial charge in [0.25, 0.3) is 0 Å². The Balaban J connectivity index is 1.36. The van der Waals surface area contributed by atoms with Gasteiger partial charge in [0.15, 0.2) is 0 Å². The lowest BCUT2D eigenvalue weighted by molar-refractivity contribution is -0.115. The minimum absolute atomic E-state index is 0.124. The molecule has 1 aromatic carbocycles. The monoisotopic (exact) mass is 352 g/mol. The highest BCUT2D eigenvalue weighted by molar-refractivity contribution is 5.92. The number of likely N-dealkylation sites (N-methyl/N-ethyl adjacent to an activating group) is 1. The molecule has 1 saturated heterocycles. The number of nitrogens with one attached hydrogen (secondary N) is 1. The van der Waals surface area contributed by atoms with E-state index in [0.717, 1.165) is 37.4 Å². The van der Waals surface area contributed by atoms with Crippen LogP contribution in [0.15, 0.2) is 41.2 Å². The summed E-state index contributed by atoms with van der Waals surface area (Å²) in [5.41, 5.74) is 3.25. The van der Waals surface area contributed by atoms with E-state index in [4.69, 9.17) is 0 Å². The van der Waals surface area contributed by atoms with Crippen molar-refractivity contribution in [2.75, 3.05) is 43.4 Å². The molecule has 0 radical (unpaired) electrons. The number of hydrogen-bond acceptors (Lipinski definition) is 7. The highest BCUT2D eigenvalue weighted by Crippen LogP contribution is 2.17. The van der Waals surface area contributed by atoms with E-state index in [9.17, 15) is 4.79 Å². The second-order valence-corrected chi connectivity index (χ2v) is 6.50. The predicted molar refractivity (Wildman–Crippen MR) is 98.1 cm³/mol. The summed E-state index contributed by atoms with van der Waals surface area (Å²) in [6, 6.07) is 9.28. The van der Waals surface area contributed by atoms with Crippen LogP contribution in [0.1, 0.15) is 5.56 Å². The summed E-state index contributed by atoms with van der Waals surface area (Å²) >= 11 is 0. The molecule has 3 heterocycles. The molecule has 8 heteroatoms. The molecule has 3 aromatic rings. The Hall–Kier alpha value is -3.00. The molecule has 4 rings (SSSR count). The Bertz CT molecular complexity index is 899. The van der Waals surface area contributed by atoms with Crippen LogP contribution in [0.4, 0.5) is 11.5 Å². The number of hydrogen-bond donors (Lipinski definition) is 1. The molecule has 0 saturated carbocycles. The maximum atomic E-state index is 12.3. The quantitative estimate of drug-likeness (QED) is 0.762. The lowest BCUT2D eigenvalue weighted by atomic mass is 10.1. The van der Waals surface area contributed by atoms with Crippen molar-refractivity contribution in [3.63, 3.8) is 0 Å². The maximum absolute atomic E-state index is 12.3. The van der Waals surface area contributed by atoms with Gasteiger partial charge in [0.1, 0.15) is 16.9 Å². The van der Waals surface area contributed by atoms with E-state index in [1.54, 1.807) is 12.1 Å². The molecule has 1 fully saturated rings. The number of anilines is 2. The lowest BCUT2D eigenvalue weighted by Gasteiger charge is -2.33. The van der Waals surface area contributed by atoms with Crippen LogP contribution >= 0.6 is 0 Å². The molecule has 26 heavy (non-hydrogen) atoms. The summed E-state index contributed by atoms with van der Waals surface area (Å²) < 4.78 is 4.67. The number of aromatic nitrogens is 3. The number of carbonyl (C=O) groups is 1. The molecule has 0 unspecified atom stereocenters. The van der Waals surface area contributed by atoms with Crippen LogP contribution in [0.25, 0.3) is 11.0 Å². The minimum Gasteiger partial charge on any atom is -0.368 e. The summed E-state index contributed by atoms with van der Waals surface area (Å²) in [7, 11) is 2.13. The number of nitrogens with zero attached hydrogens (tertiary/aromatic N) is 5. The largest absolute Gasteiger partial charge is 0.368 e. The summed E-state index contributed by atoms with van der Waals surface area (Å²) in [4.78, 5) is 21.2. The molecule has 2 aromatic heterocycles. The Kier molecular flexibility index (Phi) is 4.49. The first-order valence-electron chi connectivity index (χ1n) is 8.58. The zero-order valence-electron chi connectivity index (χ0n) is 14.6. The van der Waals surface area contributed by atoms with E-state index in [1.165, 1.54) is 0 Å². The van der Waals surface area contributed by atoms with Crippen LogP contribution < -0.4 is 10.2 Å². The summed E-state index contributed by atoms with van der Waals surface area (Å²) in [5, 5.41) is 10.4. The number of benzene rings is 1. The van der Waals surface area contributed by atoms with Crippen LogP contribution in [0.2, 0.25) is 0 Å². The first-order chi connectivity index (χ1) is 12.7. The molecule has 134 valence electrons. The number of piperazine rings is 1. The van der Waals surface area contributed by atoms with E-state index in [-0.39, 0.29) is 12.3 Å². The van der Waals surface area contributed by atoms with Gasteiger partial charge in [-0.3, -0.25) is 4.79 Å². The van der Waals surface area contributed by atoms with Crippen molar-refractivity contribution in [2.24, 2.45) is 0 Å². The van der Waals surface area contributed by atoms with Crippen molar-refractivity contribution >= 4 is 28.4 Å². The van der Waals surface area contributed by atoms with Crippen molar-refractivity contribution in [1.29, 1.82) is 0 Å². The standard InChI is InChI=1S/C18H20N6O2/c1-23-6-8-24(9-7-23)14-3-5-17(19-12-14)20-18(25)11-13-2-4-15-16(10-13)22-26-21-15/h2-5,10,12H,6-9,11H2,1H3,(H,19,20,25). The fourth-order valence-electron chi connectivity index (χ4n) is 3.02. The van der Waals surface area contributed by atoms with E-state index in [1.807, 2.05) is 24.4 Å². The third kappa shape index (κ3) is 3.65. The molecule has 0 aliphatic carbocycles. The molecule has 0 spiro atoms. The first-order valence-corrected chi connectivity index (χ1v) is 8.58. The van der Waals surface area contributed by atoms with E-state index < -0.39 is 0 Å². The Morgan fingerprint density at radius 1 is 1.12 bits per heavy atom. The van der Waals surface area contributed by atoms with Gasteiger partial charge in [-0.25, -0.2) is 9.61 Å². The SMILES string of the molecule is CN1CCN(c2ccc(NC(=O)Cc3ccc4nonc4c3)nc2)CC1. The summed E-state index contributed by atoms with van der Waals surface area (Å²) in [6.07, 6.45) is 2.05. The van der Waals surface area contributed by atoms with Gasteiger partial charge in [0.2, 0.25) is 5.91 Å². The van der Waals surface area contributed by atoms with Crippen molar-refractivity contribution < 1.29 is 9.42 Å². The molecule has 1 aliphatic rings. The fraction of sp³-hybridized carbons (Fsp3) is 0.333. The average molecular weight is 352 g/mol. The van der Waals surface area contributed by atoms with Crippen molar-refractivity contribution in [3.05, 3.63) is 42.1 Å². The number of pyridine rings is 1. The molecule has 1 amide bonds. The normalized spacial score (nSPS) is 15.3. The van der Waals surface area contributed by atoms with E-state index in [0.29, 0.717) is 16.9 Å². The highest BCUT2D eigenvalue weighted by Gasteiger charge is 2.14. The van der Waals surface area contributed by atoms with Crippen LogP contribution in [0.5, 0.6) is 0 Å². The van der Waals surface area contributed by atoms with Gasteiger partial charge in [0.05, 0.1) is 18.3 Å². The molecular weight excluding hydrogens is 332 g/mol. The molecule has 0 atom stereocenters. The van der Waals surface area contributed by atoms with Crippen LogP contribution in [0.3, 0.4) is 0 Å². The Morgan fingerprint density at radius 2 is 1.92 bits per heavy atom. The zero-order chi connectivity index (χ0) is 17.9. The maximum Gasteiger partial charge on any atom is 0.229 e. The van der Waals surface area contributed by atoms with Gasteiger partial charge in [-0.2, -0.15) is 0 Å². The highest BCUT2D eigenvalue weighted by atomic mass is 16.6. The van der Waals surface area contributed by atoms with E-state index >= 15 is 0 Å². The van der Waals surface area contributed by atoms with Crippen molar-refractivity contribution in [2.45, 2.75) is 6.42 Å². The van der Waals surface area contributed by atoms with Gasteiger partial charge in [-0.05, 0) is 47.2 Å². The molecule has 1 N–H and O–H groups in total. The van der Waals surface area contributed by atoms with Gasteiger partial charge >= 0.3 is 0 Å². The number of carbonyl (C=O) groups excluding carboxylic acids is 1. The van der Waals surface area contributed by atoms with Crippen LogP contribution in [-0.4, -0.2) is 59.3 Å². The molecule has 0 bridgehead atoms. The third-order valence-electron chi connectivity index (χ3n) is 4.57. The van der Waals surface area contributed by atoms with Gasteiger partial charge in [-0.15, -0.1) is 0 Å². The van der Waals surface area contributed by atoms with Gasteiger partial charge in [0, 0.05) is 26.2 Å². The number of fused-ring (bicyclic) bond motifs is 1. The number of amides is 1. The lowest BCUT2D eigenvalue weighted by Crippen LogP contribution is -2.44. The predicted octanol–water partition coefficient (Wildman–Crippen LogP) is 1.55. The van der Waals surface area contributed by atoms with Crippen molar-refractivity contribution in [1.82, 2.24) is 20.2 Å². The summed E-state index contributed by atoms with van der Waals surface area (Å²) in [6.45, 7) is 4.07. The first kappa shape index (κ1) is 16.5. The zero-order valence-corrected chi connectivity index (χ0v) is 14.6. The van der Waals surface area contributed by atoms with Gasteiger partial charge < -0.3 is 15.1 Å².